The summed E-state index contributed by atoms with van der Waals surface area (Å²) in [4.78, 5) is 11.4. The van der Waals surface area contributed by atoms with Crippen molar-refractivity contribution < 1.29 is 0 Å². The maximum Gasteiger partial charge on any atom is 0.265 e. The van der Waals surface area contributed by atoms with Crippen molar-refractivity contribution in [1.29, 1.82) is 0 Å². The van der Waals surface area contributed by atoms with Crippen molar-refractivity contribution in [2.24, 2.45) is 0 Å². The van der Waals surface area contributed by atoms with Crippen LogP contribution in [-0.4, -0.2) is 3.96 Å². The van der Waals surface area contributed by atoms with Crippen LogP contribution in [0.5, 0.6) is 0 Å². The Hall–Kier alpha value is -1.35. The van der Waals surface area contributed by atoms with Gasteiger partial charge in [-0.3, -0.25) is 4.79 Å². The maximum atomic E-state index is 11.4. The third kappa shape index (κ3) is 1.51. The van der Waals surface area contributed by atoms with E-state index < -0.39 is 0 Å². The summed E-state index contributed by atoms with van der Waals surface area (Å²) in [6, 6.07) is 7.68. The summed E-state index contributed by atoms with van der Waals surface area (Å²) in [7, 11) is 0. The van der Waals surface area contributed by atoms with Crippen LogP contribution >= 0.6 is 11.5 Å². The van der Waals surface area contributed by atoms with E-state index >= 15 is 0 Å². The Morgan fingerprint density at radius 1 is 1.21 bits per heavy atom. The van der Waals surface area contributed by atoms with Crippen LogP contribution in [0.15, 0.2) is 34.4 Å². The molecule has 1 heterocycles. The summed E-state index contributed by atoms with van der Waals surface area (Å²) >= 11 is 1.43. The largest absolute Gasteiger partial charge is 0.268 e. The van der Waals surface area contributed by atoms with Gasteiger partial charge < -0.3 is 0 Å². The van der Waals surface area contributed by atoms with Crippen LogP contribution in [0.1, 0.15) is 11.1 Å². The van der Waals surface area contributed by atoms with Crippen LogP contribution in [0.25, 0.3) is 5.69 Å². The first-order chi connectivity index (χ1) is 6.68. The van der Waals surface area contributed by atoms with E-state index in [9.17, 15) is 4.79 Å². The lowest BCUT2D eigenvalue weighted by molar-refractivity contribution is 1.10. The number of benzene rings is 1. The van der Waals surface area contributed by atoms with Crippen molar-refractivity contribution in [2.45, 2.75) is 13.8 Å². The first kappa shape index (κ1) is 9.21. The highest BCUT2D eigenvalue weighted by molar-refractivity contribution is 7.04. The van der Waals surface area contributed by atoms with Gasteiger partial charge in [0.25, 0.3) is 5.56 Å². The summed E-state index contributed by atoms with van der Waals surface area (Å²) in [5, 5.41) is 1.81. The molecule has 0 saturated heterocycles. The molecule has 14 heavy (non-hydrogen) atoms. The number of aryl methyl sites for hydroxylation is 2. The monoisotopic (exact) mass is 205 g/mol. The zero-order chi connectivity index (χ0) is 10.1. The van der Waals surface area contributed by atoms with E-state index in [0.717, 1.165) is 11.3 Å². The fraction of sp³-hybridized carbons (Fsp3) is 0.182. The molecule has 0 fully saturated rings. The smallest absolute Gasteiger partial charge is 0.265 e. The van der Waals surface area contributed by atoms with Crippen molar-refractivity contribution >= 4 is 11.5 Å². The average molecular weight is 205 g/mol. The van der Waals surface area contributed by atoms with Crippen LogP contribution in [0, 0.1) is 13.8 Å². The summed E-state index contributed by atoms with van der Waals surface area (Å²) in [6.45, 7) is 4.07. The van der Waals surface area contributed by atoms with Gasteiger partial charge in [-0.2, -0.15) is 0 Å². The molecule has 1 aromatic heterocycles. The lowest BCUT2D eigenvalue weighted by atomic mass is 10.1. The molecule has 0 saturated carbocycles. The molecule has 0 aliphatic rings. The number of aromatic nitrogens is 1. The van der Waals surface area contributed by atoms with E-state index in [1.165, 1.54) is 17.1 Å². The van der Waals surface area contributed by atoms with Gasteiger partial charge in [0, 0.05) is 11.4 Å². The van der Waals surface area contributed by atoms with Crippen molar-refractivity contribution in [3.8, 4) is 5.69 Å². The van der Waals surface area contributed by atoms with Gasteiger partial charge in [0.05, 0.1) is 5.69 Å². The zero-order valence-electron chi connectivity index (χ0n) is 8.15. The normalized spacial score (nSPS) is 10.4. The molecule has 0 N–H and O–H groups in total. The zero-order valence-corrected chi connectivity index (χ0v) is 8.97. The van der Waals surface area contributed by atoms with Crippen molar-refractivity contribution in [3.63, 3.8) is 0 Å². The predicted molar refractivity (Wildman–Crippen MR) is 59.4 cm³/mol. The number of hydrogen-bond donors (Lipinski definition) is 0. The highest BCUT2D eigenvalue weighted by Crippen LogP contribution is 2.15. The van der Waals surface area contributed by atoms with E-state index in [-0.39, 0.29) is 5.56 Å². The number of rotatable bonds is 1. The minimum Gasteiger partial charge on any atom is -0.268 e. The molecule has 2 aromatic rings. The van der Waals surface area contributed by atoms with Crippen LogP contribution in [0.2, 0.25) is 0 Å². The lowest BCUT2D eigenvalue weighted by Gasteiger charge is -2.05. The molecule has 0 radical (unpaired) electrons. The standard InChI is InChI=1S/C11H11NOS/c1-8-3-4-10(9(2)7-8)12-11(13)5-6-14-12/h3-7H,1-2H3. The summed E-state index contributed by atoms with van der Waals surface area (Å²) in [5.74, 6) is 0. The fourth-order valence-corrected chi connectivity index (χ4v) is 2.26. The van der Waals surface area contributed by atoms with Gasteiger partial charge in [-0.25, -0.2) is 3.96 Å². The second-order valence-corrected chi connectivity index (χ2v) is 4.18. The van der Waals surface area contributed by atoms with Gasteiger partial charge >= 0.3 is 0 Å². The van der Waals surface area contributed by atoms with Crippen LogP contribution < -0.4 is 5.56 Å². The fourth-order valence-electron chi connectivity index (χ4n) is 1.48. The van der Waals surface area contributed by atoms with Crippen molar-refractivity contribution in [3.05, 3.63) is 51.1 Å². The quantitative estimate of drug-likeness (QED) is 0.701. The average Bonchev–Trinajstić information content (AvgIpc) is 2.52. The Morgan fingerprint density at radius 3 is 2.57 bits per heavy atom. The van der Waals surface area contributed by atoms with Gasteiger partial charge in [0.15, 0.2) is 0 Å². The molecule has 2 nitrogen and oxygen atoms in total. The van der Waals surface area contributed by atoms with E-state index in [4.69, 9.17) is 0 Å². The van der Waals surface area contributed by atoms with Crippen molar-refractivity contribution in [1.82, 2.24) is 3.96 Å². The topological polar surface area (TPSA) is 22.0 Å². The predicted octanol–water partition coefficient (Wildman–Crippen LogP) is 2.52. The Bertz CT molecular complexity index is 510. The van der Waals surface area contributed by atoms with E-state index in [1.54, 1.807) is 10.0 Å². The molecule has 0 amide bonds. The molecule has 1 aromatic carbocycles. The van der Waals surface area contributed by atoms with E-state index in [2.05, 4.69) is 6.07 Å². The molecule has 0 aliphatic heterocycles. The molecule has 0 aliphatic carbocycles. The maximum absolute atomic E-state index is 11.4. The summed E-state index contributed by atoms with van der Waals surface area (Å²) in [6.07, 6.45) is 0. The molecule has 72 valence electrons. The molecular weight excluding hydrogens is 194 g/mol. The minimum atomic E-state index is 0.0435. The molecule has 0 spiro atoms. The lowest BCUT2D eigenvalue weighted by Crippen LogP contribution is -2.10. The Balaban J connectivity index is 2.63. The van der Waals surface area contributed by atoms with Gasteiger partial charge in [0.1, 0.15) is 0 Å². The number of nitrogens with zero attached hydrogens (tertiary/aromatic N) is 1. The van der Waals surface area contributed by atoms with Gasteiger partial charge in [-0.15, -0.1) is 0 Å². The molecule has 0 atom stereocenters. The summed E-state index contributed by atoms with van der Waals surface area (Å²) in [5.41, 5.74) is 3.38. The van der Waals surface area contributed by atoms with Gasteiger partial charge in [-0.1, -0.05) is 29.2 Å². The Labute approximate surface area is 86.6 Å². The highest BCUT2D eigenvalue weighted by atomic mass is 32.1. The Morgan fingerprint density at radius 2 is 2.00 bits per heavy atom. The first-order valence-electron chi connectivity index (χ1n) is 4.43. The summed E-state index contributed by atoms with van der Waals surface area (Å²) < 4.78 is 1.70. The molecule has 0 bridgehead atoms. The second kappa shape index (κ2) is 3.42. The van der Waals surface area contributed by atoms with Crippen LogP contribution in [0.3, 0.4) is 0 Å². The van der Waals surface area contributed by atoms with Gasteiger partial charge in [0.2, 0.25) is 0 Å². The van der Waals surface area contributed by atoms with E-state index in [1.807, 2.05) is 31.4 Å². The van der Waals surface area contributed by atoms with E-state index in [0.29, 0.717) is 0 Å². The van der Waals surface area contributed by atoms with Gasteiger partial charge in [-0.05, 0) is 25.5 Å². The molecule has 2 rings (SSSR count). The SMILES string of the molecule is Cc1ccc(-n2sccc2=O)c(C)c1. The first-order valence-corrected chi connectivity index (χ1v) is 5.27. The third-order valence-corrected chi connectivity index (χ3v) is 2.99. The van der Waals surface area contributed by atoms with Crippen LogP contribution in [0.4, 0.5) is 0 Å². The second-order valence-electron chi connectivity index (χ2n) is 3.33. The Kier molecular flexibility index (Phi) is 2.25. The van der Waals surface area contributed by atoms with Crippen molar-refractivity contribution in [2.75, 3.05) is 0 Å². The highest BCUT2D eigenvalue weighted by Gasteiger charge is 2.03. The molecule has 0 unspecified atom stereocenters. The number of hydrogen-bond acceptors (Lipinski definition) is 2. The van der Waals surface area contributed by atoms with Crippen LogP contribution in [-0.2, 0) is 0 Å². The third-order valence-electron chi connectivity index (χ3n) is 2.15. The molecule has 3 heteroatoms. The molecular formula is C11H11NOS. The minimum absolute atomic E-state index is 0.0435.